The van der Waals surface area contributed by atoms with Crippen molar-refractivity contribution in [3.05, 3.63) is 33.5 Å². The molecule has 1 aromatic carbocycles. The number of nitrogens with one attached hydrogen (secondary N) is 1. The van der Waals surface area contributed by atoms with E-state index >= 15 is 0 Å². The van der Waals surface area contributed by atoms with Crippen molar-refractivity contribution in [2.75, 3.05) is 6.54 Å². The molecule has 2 nitrogen and oxygen atoms in total. The summed E-state index contributed by atoms with van der Waals surface area (Å²) >= 11 is 3.26. The number of benzene rings is 1. The van der Waals surface area contributed by atoms with E-state index in [-0.39, 0.29) is 11.7 Å². The molecule has 16 heavy (non-hydrogen) atoms. The molecule has 1 N–H and O–H groups in total. The second-order valence-electron chi connectivity index (χ2n) is 4.19. The van der Waals surface area contributed by atoms with Crippen molar-refractivity contribution >= 4 is 21.8 Å². The Bertz CT molecular complexity index is 404. The van der Waals surface area contributed by atoms with Crippen LogP contribution in [0.1, 0.15) is 29.8 Å². The molecule has 0 aliphatic rings. The summed E-state index contributed by atoms with van der Waals surface area (Å²) in [5.41, 5.74) is 0.857. The van der Waals surface area contributed by atoms with Gasteiger partial charge in [0, 0.05) is 11.0 Å². The number of carbonyl (C=O) groups is 1. The van der Waals surface area contributed by atoms with Crippen LogP contribution in [0.2, 0.25) is 0 Å². The van der Waals surface area contributed by atoms with E-state index in [1.54, 1.807) is 13.0 Å². The topological polar surface area (TPSA) is 29.1 Å². The van der Waals surface area contributed by atoms with E-state index < -0.39 is 0 Å². The van der Waals surface area contributed by atoms with Gasteiger partial charge in [-0.05, 0) is 46.5 Å². The predicted molar refractivity (Wildman–Crippen MR) is 66.0 cm³/mol. The highest BCUT2D eigenvalue weighted by molar-refractivity contribution is 9.10. The first kappa shape index (κ1) is 13.2. The first-order valence-electron chi connectivity index (χ1n) is 5.15. The molecule has 0 heterocycles. The summed E-state index contributed by atoms with van der Waals surface area (Å²) in [7, 11) is 0. The van der Waals surface area contributed by atoms with Gasteiger partial charge in [-0.1, -0.05) is 13.8 Å². The Balaban J connectivity index is 2.87. The Kier molecular flexibility index (Phi) is 4.47. The molecule has 0 aliphatic carbocycles. The van der Waals surface area contributed by atoms with Gasteiger partial charge in [0.25, 0.3) is 5.91 Å². The van der Waals surface area contributed by atoms with Crippen molar-refractivity contribution in [3.63, 3.8) is 0 Å². The monoisotopic (exact) mass is 287 g/mol. The van der Waals surface area contributed by atoms with Crippen LogP contribution in [0.3, 0.4) is 0 Å². The normalized spacial score (nSPS) is 10.6. The second-order valence-corrected chi connectivity index (χ2v) is 5.04. The summed E-state index contributed by atoms with van der Waals surface area (Å²) in [5.74, 6) is -0.240. The molecule has 0 radical (unpaired) electrons. The Morgan fingerprint density at radius 3 is 2.69 bits per heavy atom. The average molecular weight is 288 g/mol. The largest absolute Gasteiger partial charge is 0.352 e. The van der Waals surface area contributed by atoms with Crippen LogP contribution >= 0.6 is 15.9 Å². The molecule has 1 rings (SSSR count). The number of aryl methyl sites for hydroxylation is 1. The van der Waals surface area contributed by atoms with Crippen LogP contribution in [-0.4, -0.2) is 12.5 Å². The van der Waals surface area contributed by atoms with Crippen molar-refractivity contribution in [3.8, 4) is 0 Å². The third-order valence-electron chi connectivity index (χ3n) is 2.16. The molecule has 0 saturated heterocycles. The van der Waals surface area contributed by atoms with E-state index in [1.165, 1.54) is 6.07 Å². The van der Waals surface area contributed by atoms with E-state index in [0.717, 1.165) is 0 Å². The smallest absolute Gasteiger partial charge is 0.252 e. The zero-order chi connectivity index (χ0) is 12.3. The molecule has 0 atom stereocenters. The first-order chi connectivity index (χ1) is 7.41. The highest BCUT2D eigenvalue weighted by atomic mass is 79.9. The van der Waals surface area contributed by atoms with Gasteiger partial charge < -0.3 is 5.32 Å². The van der Waals surface area contributed by atoms with Gasteiger partial charge in [0.15, 0.2) is 0 Å². The minimum atomic E-state index is -0.363. The molecule has 0 spiro atoms. The minimum Gasteiger partial charge on any atom is -0.352 e. The van der Waals surface area contributed by atoms with Crippen LogP contribution in [0, 0.1) is 18.7 Å². The summed E-state index contributed by atoms with van der Waals surface area (Å²) in [5, 5.41) is 2.75. The van der Waals surface area contributed by atoms with Gasteiger partial charge in [-0.2, -0.15) is 0 Å². The fourth-order valence-electron chi connectivity index (χ4n) is 1.21. The summed E-state index contributed by atoms with van der Waals surface area (Å²) < 4.78 is 13.9. The van der Waals surface area contributed by atoms with Crippen molar-refractivity contribution in [1.82, 2.24) is 5.32 Å². The maximum absolute atomic E-state index is 13.3. The van der Waals surface area contributed by atoms with Gasteiger partial charge in [0.1, 0.15) is 5.82 Å². The van der Waals surface area contributed by atoms with Gasteiger partial charge in [0.05, 0.1) is 5.56 Å². The van der Waals surface area contributed by atoms with Crippen LogP contribution < -0.4 is 5.32 Å². The Morgan fingerprint density at radius 1 is 1.50 bits per heavy atom. The number of rotatable bonds is 3. The first-order valence-corrected chi connectivity index (χ1v) is 5.95. The van der Waals surface area contributed by atoms with Crippen molar-refractivity contribution in [1.29, 1.82) is 0 Å². The summed E-state index contributed by atoms with van der Waals surface area (Å²) in [6.45, 7) is 6.26. The zero-order valence-electron chi connectivity index (χ0n) is 9.60. The number of amides is 1. The van der Waals surface area contributed by atoms with Crippen LogP contribution in [0.25, 0.3) is 0 Å². The molecule has 0 aromatic heterocycles. The fourth-order valence-corrected chi connectivity index (χ4v) is 1.85. The maximum Gasteiger partial charge on any atom is 0.252 e. The van der Waals surface area contributed by atoms with Crippen molar-refractivity contribution < 1.29 is 9.18 Å². The number of carbonyl (C=O) groups excluding carboxylic acids is 1. The van der Waals surface area contributed by atoms with Crippen LogP contribution in [-0.2, 0) is 0 Å². The predicted octanol–water partition coefficient (Wildman–Crippen LogP) is 3.28. The number of halogens is 2. The van der Waals surface area contributed by atoms with Crippen LogP contribution in [0.4, 0.5) is 4.39 Å². The SMILES string of the molecule is Cc1cc(Br)c(C(=O)NCC(C)C)cc1F. The number of hydrogen-bond acceptors (Lipinski definition) is 1. The Hall–Kier alpha value is -0.900. The molecular weight excluding hydrogens is 273 g/mol. The standard InChI is InChI=1S/C12H15BrFNO/c1-7(2)6-15-12(16)9-5-11(14)8(3)4-10(9)13/h4-5,7H,6H2,1-3H3,(H,15,16). The molecule has 0 unspecified atom stereocenters. The molecule has 0 aliphatic heterocycles. The lowest BCUT2D eigenvalue weighted by atomic mass is 10.1. The zero-order valence-corrected chi connectivity index (χ0v) is 11.2. The minimum absolute atomic E-state index is 0.250. The lowest BCUT2D eigenvalue weighted by Gasteiger charge is -2.09. The quantitative estimate of drug-likeness (QED) is 0.908. The van der Waals surface area contributed by atoms with E-state index in [2.05, 4.69) is 21.2 Å². The third-order valence-corrected chi connectivity index (χ3v) is 2.82. The molecule has 1 aromatic rings. The lowest BCUT2D eigenvalue weighted by Crippen LogP contribution is -2.27. The highest BCUT2D eigenvalue weighted by Crippen LogP contribution is 2.20. The molecular formula is C12H15BrFNO. The Morgan fingerprint density at radius 2 is 2.12 bits per heavy atom. The van der Waals surface area contributed by atoms with Gasteiger partial charge >= 0.3 is 0 Å². The maximum atomic E-state index is 13.3. The highest BCUT2D eigenvalue weighted by Gasteiger charge is 2.12. The van der Waals surface area contributed by atoms with Crippen molar-refractivity contribution in [2.45, 2.75) is 20.8 Å². The van der Waals surface area contributed by atoms with E-state index in [4.69, 9.17) is 0 Å². The summed E-state index contributed by atoms with van der Waals surface area (Å²) in [4.78, 5) is 11.7. The summed E-state index contributed by atoms with van der Waals surface area (Å²) in [6.07, 6.45) is 0. The molecule has 0 bridgehead atoms. The van der Waals surface area contributed by atoms with Gasteiger partial charge in [-0.15, -0.1) is 0 Å². The van der Waals surface area contributed by atoms with E-state index in [0.29, 0.717) is 28.1 Å². The average Bonchev–Trinajstić information content (AvgIpc) is 2.20. The Labute approximate surface area is 103 Å². The van der Waals surface area contributed by atoms with Crippen LogP contribution in [0.15, 0.2) is 16.6 Å². The second kappa shape index (κ2) is 5.43. The molecule has 0 saturated carbocycles. The van der Waals surface area contributed by atoms with Gasteiger partial charge in [-0.25, -0.2) is 4.39 Å². The van der Waals surface area contributed by atoms with E-state index in [9.17, 15) is 9.18 Å². The fraction of sp³-hybridized carbons (Fsp3) is 0.417. The lowest BCUT2D eigenvalue weighted by molar-refractivity contribution is 0.0948. The molecule has 0 fully saturated rings. The van der Waals surface area contributed by atoms with E-state index in [1.807, 2.05) is 13.8 Å². The number of hydrogen-bond donors (Lipinski definition) is 1. The van der Waals surface area contributed by atoms with Gasteiger partial charge in [0.2, 0.25) is 0 Å². The van der Waals surface area contributed by atoms with Crippen LogP contribution in [0.5, 0.6) is 0 Å². The molecule has 1 amide bonds. The van der Waals surface area contributed by atoms with Crippen molar-refractivity contribution in [2.24, 2.45) is 5.92 Å². The third kappa shape index (κ3) is 3.30. The summed E-state index contributed by atoms with van der Waals surface area (Å²) in [6, 6.07) is 2.87. The molecule has 88 valence electrons. The molecule has 4 heteroatoms. The van der Waals surface area contributed by atoms with Gasteiger partial charge in [-0.3, -0.25) is 4.79 Å².